The van der Waals surface area contributed by atoms with Crippen LogP contribution in [0.2, 0.25) is 0 Å². The van der Waals surface area contributed by atoms with Gasteiger partial charge in [0.25, 0.3) is 5.91 Å². The number of nitrogens with one attached hydrogen (secondary N) is 1. The third kappa shape index (κ3) is 2.92. The van der Waals surface area contributed by atoms with E-state index in [1.165, 1.54) is 6.20 Å². The molecule has 0 radical (unpaired) electrons. The van der Waals surface area contributed by atoms with Crippen LogP contribution in [0.4, 0.5) is 5.82 Å². The lowest BCUT2D eigenvalue weighted by Crippen LogP contribution is -2.12. The predicted octanol–water partition coefficient (Wildman–Crippen LogP) is 2.50. The highest BCUT2D eigenvalue weighted by Crippen LogP contribution is 2.24. The van der Waals surface area contributed by atoms with Gasteiger partial charge in [0.1, 0.15) is 0 Å². The van der Waals surface area contributed by atoms with E-state index in [1.54, 1.807) is 17.2 Å². The number of aromatic nitrogens is 6. The minimum atomic E-state index is -0.263. The van der Waals surface area contributed by atoms with Crippen LogP contribution in [-0.4, -0.2) is 35.4 Å². The van der Waals surface area contributed by atoms with Gasteiger partial charge < -0.3 is 9.88 Å². The van der Waals surface area contributed by atoms with Crippen molar-refractivity contribution in [2.24, 2.45) is 7.05 Å². The average Bonchev–Trinajstić information content (AvgIpc) is 3.30. The van der Waals surface area contributed by atoms with E-state index >= 15 is 0 Å². The Morgan fingerprint density at radius 1 is 1.19 bits per heavy atom. The molecule has 0 unspecified atom stereocenters. The second-order valence-corrected chi connectivity index (χ2v) is 5.93. The molecular formula is C18H17N7O. The number of fused-ring (bicyclic) bond motifs is 1. The normalized spacial score (nSPS) is 11.0. The van der Waals surface area contributed by atoms with Gasteiger partial charge in [-0.05, 0) is 25.1 Å². The summed E-state index contributed by atoms with van der Waals surface area (Å²) in [5.41, 5.74) is 3.26. The van der Waals surface area contributed by atoms with Crippen molar-refractivity contribution < 1.29 is 4.79 Å². The number of amides is 1. The Kier molecular flexibility index (Phi) is 3.92. The van der Waals surface area contributed by atoms with Crippen LogP contribution in [-0.2, 0) is 13.6 Å². The largest absolute Gasteiger partial charge is 0.334 e. The van der Waals surface area contributed by atoms with Gasteiger partial charge in [-0.25, -0.2) is 4.98 Å². The fraction of sp³-hybridized carbons (Fsp3) is 0.167. The zero-order chi connectivity index (χ0) is 18.1. The Balaban J connectivity index is 1.64. The highest BCUT2D eigenvalue weighted by molar-refractivity contribution is 6.04. The van der Waals surface area contributed by atoms with Gasteiger partial charge in [0, 0.05) is 30.7 Å². The van der Waals surface area contributed by atoms with E-state index < -0.39 is 0 Å². The lowest BCUT2D eigenvalue weighted by molar-refractivity contribution is 0.102. The molecule has 4 aromatic rings. The van der Waals surface area contributed by atoms with Gasteiger partial charge in [-0.1, -0.05) is 6.07 Å². The third-order valence-corrected chi connectivity index (χ3v) is 4.16. The maximum Gasteiger partial charge on any atom is 0.260 e. The molecule has 8 heteroatoms. The van der Waals surface area contributed by atoms with Crippen molar-refractivity contribution in [2.75, 3.05) is 5.32 Å². The number of aryl methyl sites for hydroxylation is 2. The summed E-state index contributed by atoms with van der Waals surface area (Å²) >= 11 is 0. The Morgan fingerprint density at radius 3 is 2.81 bits per heavy atom. The first-order valence-corrected chi connectivity index (χ1v) is 8.22. The van der Waals surface area contributed by atoms with Crippen molar-refractivity contribution in [3.63, 3.8) is 0 Å². The Morgan fingerprint density at radius 2 is 2.08 bits per heavy atom. The maximum atomic E-state index is 12.3. The van der Waals surface area contributed by atoms with Gasteiger partial charge in [-0.15, -0.1) is 10.2 Å². The summed E-state index contributed by atoms with van der Waals surface area (Å²) in [6.07, 6.45) is 6.80. The SMILES string of the molecule is CCn1cc(C(=O)Nc2cc3cc(-c4cncn4C)ccc3nn2)cn1. The van der Waals surface area contributed by atoms with Gasteiger partial charge in [0.15, 0.2) is 5.82 Å². The van der Waals surface area contributed by atoms with Crippen LogP contribution >= 0.6 is 0 Å². The zero-order valence-corrected chi connectivity index (χ0v) is 14.4. The summed E-state index contributed by atoms with van der Waals surface area (Å²) in [5, 5.41) is 16.0. The first kappa shape index (κ1) is 15.9. The minimum absolute atomic E-state index is 0.263. The molecule has 4 rings (SSSR count). The van der Waals surface area contributed by atoms with Crippen LogP contribution in [0.15, 0.2) is 49.2 Å². The maximum absolute atomic E-state index is 12.3. The smallest absolute Gasteiger partial charge is 0.260 e. The van der Waals surface area contributed by atoms with E-state index in [1.807, 2.05) is 49.0 Å². The molecule has 3 aromatic heterocycles. The van der Waals surface area contributed by atoms with Crippen LogP contribution in [0.5, 0.6) is 0 Å². The number of nitrogens with zero attached hydrogens (tertiary/aromatic N) is 6. The number of carbonyl (C=O) groups is 1. The molecule has 1 N–H and O–H groups in total. The molecule has 8 nitrogen and oxygen atoms in total. The number of carbonyl (C=O) groups excluding carboxylic acids is 1. The number of benzene rings is 1. The lowest BCUT2D eigenvalue weighted by Gasteiger charge is -2.06. The predicted molar refractivity (Wildman–Crippen MR) is 97.6 cm³/mol. The number of hydrogen-bond acceptors (Lipinski definition) is 5. The average molecular weight is 347 g/mol. The minimum Gasteiger partial charge on any atom is -0.334 e. The quantitative estimate of drug-likeness (QED) is 0.612. The molecule has 0 atom stereocenters. The molecule has 0 saturated carbocycles. The van der Waals surface area contributed by atoms with Crippen molar-refractivity contribution in [3.8, 4) is 11.3 Å². The van der Waals surface area contributed by atoms with Crippen LogP contribution in [0.1, 0.15) is 17.3 Å². The third-order valence-electron chi connectivity index (χ3n) is 4.16. The van der Waals surface area contributed by atoms with Crippen LogP contribution in [0.3, 0.4) is 0 Å². The fourth-order valence-electron chi connectivity index (χ4n) is 2.74. The second kappa shape index (κ2) is 6.40. The molecule has 0 spiro atoms. The Bertz CT molecular complexity index is 1100. The summed E-state index contributed by atoms with van der Waals surface area (Å²) < 4.78 is 3.64. The summed E-state index contributed by atoms with van der Waals surface area (Å²) in [6, 6.07) is 7.70. The van der Waals surface area contributed by atoms with Crippen molar-refractivity contribution >= 4 is 22.6 Å². The number of rotatable bonds is 4. The molecule has 26 heavy (non-hydrogen) atoms. The molecule has 0 bridgehead atoms. The first-order valence-electron chi connectivity index (χ1n) is 8.22. The van der Waals surface area contributed by atoms with E-state index in [0.29, 0.717) is 17.9 Å². The number of anilines is 1. The van der Waals surface area contributed by atoms with Gasteiger partial charge in [0.2, 0.25) is 0 Å². The highest BCUT2D eigenvalue weighted by atomic mass is 16.1. The van der Waals surface area contributed by atoms with E-state index in [0.717, 1.165) is 22.2 Å². The van der Waals surface area contributed by atoms with E-state index in [2.05, 4.69) is 25.6 Å². The van der Waals surface area contributed by atoms with Crippen molar-refractivity contribution in [2.45, 2.75) is 13.5 Å². The summed E-state index contributed by atoms with van der Waals surface area (Å²) in [6.45, 7) is 2.67. The standard InChI is InChI=1S/C18H17N7O/c1-3-25-10-14(8-20-25)18(26)21-17-7-13-6-12(4-5-15(13)22-23-17)16-9-19-11-24(16)2/h4-11H,3H2,1-2H3,(H,21,23,26). The monoisotopic (exact) mass is 347 g/mol. The first-order chi connectivity index (χ1) is 12.6. The van der Waals surface area contributed by atoms with Gasteiger partial charge in [-0.3, -0.25) is 9.48 Å². The molecule has 0 saturated heterocycles. The molecule has 0 aliphatic carbocycles. The van der Waals surface area contributed by atoms with Crippen LogP contribution in [0, 0.1) is 0 Å². The Hall–Kier alpha value is -3.55. The summed E-state index contributed by atoms with van der Waals surface area (Å²) in [5.74, 6) is 0.134. The molecule has 0 aliphatic heterocycles. The van der Waals surface area contributed by atoms with Crippen molar-refractivity contribution in [3.05, 3.63) is 54.7 Å². The van der Waals surface area contributed by atoms with Crippen molar-refractivity contribution in [1.82, 2.24) is 29.5 Å². The Labute approximate surface area is 149 Å². The molecule has 3 heterocycles. The van der Waals surface area contributed by atoms with Crippen LogP contribution in [0.25, 0.3) is 22.2 Å². The highest BCUT2D eigenvalue weighted by Gasteiger charge is 2.11. The number of imidazole rings is 1. The van der Waals surface area contributed by atoms with E-state index in [-0.39, 0.29) is 5.91 Å². The molecule has 0 aliphatic rings. The molecule has 130 valence electrons. The van der Waals surface area contributed by atoms with Crippen molar-refractivity contribution in [1.29, 1.82) is 0 Å². The number of hydrogen-bond donors (Lipinski definition) is 1. The van der Waals surface area contributed by atoms with Gasteiger partial charge in [0.05, 0.1) is 35.5 Å². The molecule has 1 aromatic carbocycles. The lowest BCUT2D eigenvalue weighted by atomic mass is 10.1. The molecule has 1 amide bonds. The fourth-order valence-corrected chi connectivity index (χ4v) is 2.74. The topological polar surface area (TPSA) is 90.5 Å². The summed E-state index contributed by atoms with van der Waals surface area (Å²) in [7, 11) is 1.94. The van der Waals surface area contributed by atoms with E-state index in [4.69, 9.17) is 0 Å². The van der Waals surface area contributed by atoms with Gasteiger partial charge >= 0.3 is 0 Å². The molecular weight excluding hydrogens is 330 g/mol. The van der Waals surface area contributed by atoms with Crippen LogP contribution < -0.4 is 5.32 Å². The second-order valence-electron chi connectivity index (χ2n) is 5.93. The summed E-state index contributed by atoms with van der Waals surface area (Å²) in [4.78, 5) is 16.5. The zero-order valence-electron chi connectivity index (χ0n) is 14.4. The van der Waals surface area contributed by atoms with E-state index in [9.17, 15) is 4.79 Å². The molecule has 0 fully saturated rings. The van der Waals surface area contributed by atoms with Gasteiger partial charge in [-0.2, -0.15) is 5.10 Å².